The average molecular weight is 328 g/mol. The lowest BCUT2D eigenvalue weighted by molar-refractivity contribution is 0.0617. The largest absolute Gasteiger partial charge is 0.487 e. The van der Waals surface area contributed by atoms with Crippen LogP contribution in [0.1, 0.15) is 46.5 Å². The molecule has 0 spiro atoms. The summed E-state index contributed by atoms with van der Waals surface area (Å²) in [5.74, 6) is -0.374. The van der Waals surface area contributed by atoms with Crippen LogP contribution < -0.4 is 10.1 Å². The van der Waals surface area contributed by atoms with Crippen LogP contribution in [0.4, 0.5) is 4.39 Å². The lowest BCUT2D eigenvalue weighted by Gasteiger charge is -2.31. The molecule has 0 aliphatic carbocycles. The van der Waals surface area contributed by atoms with Gasteiger partial charge >= 0.3 is 0 Å². The molecule has 1 aliphatic heterocycles. The summed E-state index contributed by atoms with van der Waals surface area (Å²) in [6.07, 6.45) is 2.89. The summed E-state index contributed by atoms with van der Waals surface area (Å²) in [4.78, 5) is 28.1. The SMILES string of the molecule is CC1(C)CC(=O)c2ccc(C(=O)NCc3cncc(F)c3)cc2O1. The molecule has 2 aromatic rings. The van der Waals surface area contributed by atoms with Crippen LogP contribution in [0, 0.1) is 5.82 Å². The minimum absolute atomic E-state index is 0.000886. The van der Waals surface area contributed by atoms with Crippen LogP contribution >= 0.6 is 0 Å². The van der Waals surface area contributed by atoms with Gasteiger partial charge in [0.15, 0.2) is 5.78 Å². The highest BCUT2D eigenvalue weighted by Crippen LogP contribution is 2.33. The Morgan fingerprint density at radius 1 is 1.33 bits per heavy atom. The molecule has 1 aliphatic rings. The monoisotopic (exact) mass is 328 g/mol. The van der Waals surface area contributed by atoms with Crippen LogP contribution in [0.5, 0.6) is 5.75 Å². The van der Waals surface area contributed by atoms with Crippen LogP contribution in [-0.4, -0.2) is 22.3 Å². The first-order chi connectivity index (χ1) is 11.3. The van der Waals surface area contributed by atoms with Crippen LogP contribution in [0.25, 0.3) is 0 Å². The van der Waals surface area contributed by atoms with Gasteiger partial charge in [0.1, 0.15) is 17.2 Å². The highest BCUT2D eigenvalue weighted by Gasteiger charge is 2.32. The number of ketones is 1. The van der Waals surface area contributed by atoms with E-state index in [-0.39, 0.29) is 18.2 Å². The average Bonchev–Trinajstić information content (AvgIpc) is 2.51. The standard InChI is InChI=1S/C18H17FN2O3/c1-18(2)7-15(22)14-4-3-12(6-16(14)24-18)17(23)21-9-11-5-13(19)10-20-8-11/h3-6,8,10H,7,9H2,1-2H3,(H,21,23). The molecule has 0 fully saturated rings. The number of amides is 1. The Morgan fingerprint density at radius 3 is 2.88 bits per heavy atom. The Hall–Kier alpha value is -2.76. The molecule has 1 N–H and O–H groups in total. The zero-order valence-electron chi connectivity index (χ0n) is 13.4. The van der Waals surface area contributed by atoms with Crippen molar-refractivity contribution in [3.8, 4) is 5.75 Å². The zero-order valence-corrected chi connectivity index (χ0v) is 13.4. The topological polar surface area (TPSA) is 68.3 Å². The molecule has 0 unspecified atom stereocenters. The highest BCUT2D eigenvalue weighted by molar-refractivity contribution is 6.02. The number of benzene rings is 1. The smallest absolute Gasteiger partial charge is 0.251 e. The summed E-state index contributed by atoms with van der Waals surface area (Å²) in [7, 11) is 0. The Bertz CT molecular complexity index is 818. The molecule has 3 rings (SSSR count). The first kappa shape index (κ1) is 16.1. The van der Waals surface area contributed by atoms with Gasteiger partial charge < -0.3 is 10.1 Å². The number of nitrogens with one attached hydrogen (secondary N) is 1. The van der Waals surface area contributed by atoms with Crippen molar-refractivity contribution in [2.45, 2.75) is 32.4 Å². The lowest BCUT2D eigenvalue weighted by atomic mass is 9.92. The van der Waals surface area contributed by atoms with Gasteiger partial charge in [-0.25, -0.2) is 4.39 Å². The molecular formula is C18H17FN2O3. The van der Waals surface area contributed by atoms with Gasteiger partial charge in [0, 0.05) is 18.3 Å². The minimum atomic E-state index is -0.591. The van der Waals surface area contributed by atoms with E-state index in [4.69, 9.17) is 4.74 Å². The van der Waals surface area contributed by atoms with Crippen molar-refractivity contribution >= 4 is 11.7 Å². The molecule has 1 amide bonds. The van der Waals surface area contributed by atoms with Crippen molar-refractivity contribution in [3.05, 3.63) is 59.2 Å². The van der Waals surface area contributed by atoms with Gasteiger partial charge in [-0.3, -0.25) is 14.6 Å². The van der Waals surface area contributed by atoms with E-state index >= 15 is 0 Å². The highest BCUT2D eigenvalue weighted by atomic mass is 19.1. The Kier molecular flexibility index (Phi) is 4.05. The van der Waals surface area contributed by atoms with Crippen LogP contribution in [0.2, 0.25) is 0 Å². The van der Waals surface area contributed by atoms with E-state index in [1.54, 1.807) is 18.2 Å². The van der Waals surface area contributed by atoms with Crippen molar-refractivity contribution < 1.29 is 18.7 Å². The van der Waals surface area contributed by atoms with Crippen LogP contribution in [0.15, 0.2) is 36.7 Å². The number of hydrogen-bond acceptors (Lipinski definition) is 4. The second-order valence-corrected chi connectivity index (χ2v) is 6.37. The summed E-state index contributed by atoms with van der Waals surface area (Å²) < 4.78 is 18.9. The van der Waals surface area contributed by atoms with Crippen molar-refractivity contribution in [2.24, 2.45) is 0 Å². The van der Waals surface area contributed by atoms with Gasteiger partial charge in [0.2, 0.25) is 0 Å². The Labute approximate surface area is 138 Å². The van der Waals surface area contributed by atoms with Crippen LogP contribution in [0.3, 0.4) is 0 Å². The molecule has 2 heterocycles. The number of nitrogens with zero attached hydrogens (tertiary/aromatic N) is 1. The molecule has 5 nitrogen and oxygen atoms in total. The number of pyridine rings is 1. The molecule has 0 bridgehead atoms. The van der Waals surface area contributed by atoms with E-state index in [1.165, 1.54) is 12.3 Å². The van der Waals surface area contributed by atoms with Crippen molar-refractivity contribution in [1.82, 2.24) is 10.3 Å². The predicted octanol–water partition coefficient (Wildman–Crippen LogP) is 2.89. The minimum Gasteiger partial charge on any atom is -0.487 e. The maximum absolute atomic E-state index is 13.1. The number of halogens is 1. The number of carbonyl (C=O) groups is 2. The summed E-state index contributed by atoms with van der Waals surface area (Å²) in [5, 5.41) is 2.70. The molecule has 0 radical (unpaired) electrons. The molecule has 124 valence electrons. The normalized spacial score (nSPS) is 15.4. The number of ether oxygens (including phenoxy) is 1. The zero-order chi connectivity index (χ0) is 17.3. The van der Waals surface area contributed by atoms with E-state index in [0.717, 1.165) is 6.20 Å². The molecule has 6 heteroatoms. The van der Waals surface area contributed by atoms with Gasteiger partial charge in [-0.15, -0.1) is 0 Å². The Morgan fingerprint density at radius 2 is 2.12 bits per heavy atom. The van der Waals surface area contributed by atoms with E-state index in [2.05, 4.69) is 10.3 Å². The molecule has 0 atom stereocenters. The third-order valence-electron chi connectivity index (χ3n) is 3.73. The summed E-state index contributed by atoms with van der Waals surface area (Å²) in [6, 6.07) is 6.06. The number of carbonyl (C=O) groups excluding carboxylic acids is 2. The summed E-state index contributed by atoms with van der Waals surface area (Å²) >= 11 is 0. The van der Waals surface area contributed by atoms with E-state index in [9.17, 15) is 14.0 Å². The number of aromatic nitrogens is 1. The quantitative estimate of drug-likeness (QED) is 0.941. The number of Topliss-reactive ketones (excluding diaryl/α,β-unsaturated/α-hetero) is 1. The fourth-order valence-corrected chi connectivity index (χ4v) is 2.63. The van der Waals surface area contributed by atoms with Crippen LogP contribution in [-0.2, 0) is 6.54 Å². The summed E-state index contributed by atoms with van der Waals surface area (Å²) in [6.45, 7) is 3.82. The second-order valence-electron chi connectivity index (χ2n) is 6.37. The van der Waals surface area contributed by atoms with Gasteiger partial charge in [0.05, 0.1) is 18.2 Å². The Balaban J connectivity index is 1.75. The van der Waals surface area contributed by atoms with Gasteiger partial charge in [-0.05, 0) is 43.7 Å². The van der Waals surface area contributed by atoms with Gasteiger partial charge in [0.25, 0.3) is 5.91 Å². The number of hydrogen-bond donors (Lipinski definition) is 1. The van der Waals surface area contributed by atoms with Crippen molar-refractivity contribution in [2.75, 3.05) is 0 Å². The predicted molar refractivity (Wildman–Crippen MR) is 85.5 cm³/mol. The molecule has 0 saturated heterocycles. The molecule has 1 aromatic heterocycles. The van der Waals surface area contributed by atoms with E-state index in [1.807, 2.05) is 13.8 Å². The first-order valence-electron chi connectivity index (χ1n) is 7.58. The van der Waals surface area contributed by atoms with Crippen molar-refractivity contribution in [1.29, 1.82) is 0 Å². The number of fused-ring (bicyclic) bond motifs is 1. The second kappa shape index (κ2) is 6.03. The molecule has 0 saturated carbocycles. The lowest BCUT2D eigenvalue weighted by Crippen LogP contribution is -2.36. The van der Waals surface area contributed by atoms with Gasteiger partial charge in [-0.1, -0.05) is 0 Å². The molecule has 1 aromatic carbocycles. The van der Waals surface area contributed by atoms with E-state index < -0.39 is 11.4 Å². The first-order valence-corrected chi connectivity index (χ1v) is 7.58. The molecule has 24 heavy (non-hydrogen) atoms. The number of rotatable bonds is 3. The molecular weight excluding hydrogens is 311 g/mol. The van der Waals surface area contributed by atoms with Crippen molar-refractivity contribution in [3.63, 3.8) is 0 Å². The maximum Gasteiger partial charge on any atom is 0.251 e. The fourth-order valence-electron chi connectivity index (χ4n) is 2.63. The third-order valence-corrected chi connectivity index (χ3v) is 3.73. The van der Waals surface area contributed by atoms with E-state index in [0.29, 0.717) is 28.9 Å². The van der Waals surface area contributed by atoms with Gasteiger partial charge in [-0.2, -0.15) is 0 Å². The maximum atomic E-state index is 13.1. The fraction of sp³-hybridized carbons (Fsp3) is 0.278. The summed E-state index contributed by atoms with van der Waals surface area (Å²) in [5.41, 5.74) is 0.838. The third kappa shape index (κ3) is 3.42.